The number of benzene rings is 1. The number of pyridine rings is 1. The maximum absolute atomic E-state index is 13.4. The van der Waals surface area contributed by atoms with Gasteiger partial charge in [-0.2, -0.15) is 0 Å². The summed E-state index contributed by atoms with van der Waals surface area (Å²) in [4.78, 5) is 27.2. The van der Waals surface area contributed by atoms with Crippen molar-refractivity contribution < 1.29 is 19.1 Å². The van der Waals surface area contributed by atoms with Crippen molar-refractivity contribution in [2.75, 3.05) is 7.05 Å². The van der Waals surface area contributed by atoms with Crippen molar-refractivity contribution in [3.63, 3.8) is 0 Å². The average Bonchev–Trinajstić information content (AvgIpc) is 2.83. The number of hydrogen-bond acceptors (Lipinski definition) is 7. The predicted octanol–water partition coefficient (Wildman–Crippen LogP) is 1.83. The summed E-state index contributed by atoms with van der Waals surface area (Å²) in [5.74, 6) is 4.80. The van der Waals surface area contributed by atoms with Crippen molar-refractivity contribution in [2.24, 2.45) is 16.7 Å². The van der Waals surface area contributed by atoms with Crippen LogP contribution in [0, 0.1) is 12.7 Å². The Morgan fingerprint density at radius 1 is 1.22 bits per heavy atom. The molecule has 10 nitrogen and oxygen atoms in total. The number of amidine groups is 1. The molecular weight excluding hydrogens is 465 g/mol. The highest BCUT2D eigenvalue weighted by molar-refractivity contribution is 6.00. The minimum Gasteiger partial charge on any atom is -0.392 e. The van der Waals surface area contributed by atoms with E-state index in [0.717, 1.165) is 5.12 Å². The summed E-state index contributed by atoms with van der Waals surface area (Å²) in [6.07, 6.45) is 6.27. The molecule has 0 bridgehead atoms. The number of aliphatic hydroxyl groups is 1. The first-order chi connectivity index (χ1) is 17.1. The second kappa shape index (κ2) is 14.1. The van der Waals surface area contributed by atoms with Gasteiger partial charge in [0.05, 0.1) is 6.61 Å². The Morgan fingerprint density at radius 3 is 2.53 bits per heavy atom. The molecule has 0 unspecified atom stereocenters. The van der Waals surface area contributed by atoms with Gasteiger partial charge in [0.2, 0.25) is 5.91 Å². The van der Waals surface area contributed by atoms with Gasteiger partial charge in [-0.15, -0.1) is 5.10 Å². The second-order valence-electron chi connectivity index (χ2n) is 8.74. The first-order valence-corrected chi connectivity index (χ1v) is 11.8. The first kappa shape index (κ1) is 28.7. The Bertz CT molecular complexity index is 1070. The van der Waals surface area contributed by atoms with Crippen LogP contribution in [-0.4, -0.2) is 45.9 Å². The highest BCUT2D eigenvalue weighted by Gasteiger charge is 2.13. The summed E-state index contributed by atoms with van der Waals surface area (Å²) < 4.78 is 13.4. The quantitative estimate of drug-likeness (QED) is 0.167. The van der Waals surface area contributed by atoms with Gasteiger partial charge in [-0.25, -0.2) is 20.3 Å². The highest BCUT2D eigenvalue weighted by Crippen LogP contribution is 2.17. The van der Waals surface area contributed by atoms with Crippen LogP contribution in [0.1, 0.15) is 71.9 Å². The lowest BCUT2D eigenvalue weighted by Gasteiger charge is -2.21. The molecule has 1 saturated carbocycles. The van der Waals surface area contributed by atoms with Crippen molar-refractivity contribution in [3.05, 3.63) is 64.2 Å². The number of nitrogens with zero attached hydrogens (tertiary/aromatic N) is 3. The lowest BCUT2D eigenvalue weighted by molar-refractivity contribution is -0.119. The molecule has 0 spiro atoms. The fourth-order valence-electron chi connectivity index (χ4n) is 3.83. The monoisotopic (exact) mass is 501 g/mol. The van der Waals surface area contributed by atoms with E-state index in [9.17, 15) is 14.0 Å². The largest absolute Gasteiger partial charge is 0.392 e. The van der Waals surface area contributed by atoms with Crippen LogP contribution in [0.4, 0.5) is 4.39 Å². The third kappa shape index (κ3) is 9.59. The van der Waals surface area contributed by atoms with Crippen LogP contribution in [0.5, 0.6) is 0 Å². The van der Waals surface area contributed by atoms with Crippen LogP contribution in [0.15, 0.2) is 35.4 Å². The van der Waals surface area contributed by atoms with Gasteiger partial charge in [-0.3, -0.25) is 9.59 Å². The zero-order chi connectivity index (χ0) is 26.7. The van der Waals surface area contributed by atoms with Crippen LogP contribution in [0.25, 0.3) is 0 Å². The number of hydrazone groups is 1. The van der Waals surface area contributed by atoms with Gasteiger partial charge in [0, 0.05) is 43.4 Å². The number of aromatic nitrogens is 1. The fraction of sp³-hybridized carbons (Fsp3) is 0.440. The molecule has 36 heavy (non-hydrogen) atoms. The number of nitrogens with two attached hydrogens (primary N) is 2. The van der Waals surface area contributed by atoms with Crippen molar-refractivity contribution in [1.29, 1.82) is 0 Å². The molecule has 7 N–H and O–H groups in total. The molecule has 1 aliphatic carbocycles. The molecular formula is C25H36FN7O3. The van der Waals surface area contributed by atoms with E-state index in [1.54, 1.807) is 19.9 Å². The Hall–Kier alpha value is -3.57. The van der Waals surface area contributed by atoms with Crippen LogP contribution >= 0.6 is 0 Å². The maximum atomic E-state index is 13.4. The SMILES string of the molecule is CC(=O)NC1CCCCC1.Cc1cc(/C(N)=N/N(C)N)cc(C(=O)NCc2ccc(F)c(CO)c2)n1. The van der Waals surface area contributed by atoms with E-state index in [2.05, 4.69) is 20.7 Å². The van der Waals surface area contributed by atoms with Gasteiger partial charge in [-0.1, -0.05) is 25.3 Å². The predicted molar refractivity (Wildman–Crippen MR) is 136 cm³/mol. The topological polar surface area (TPSA) is 159 Å². The second-order valence-corrected chi connectivity index (χ2v) is 8.74. The van der Waals surface area contributed by atoms with E-state index in [1.807, 2.05) is 0 Å². The van der Waals surface area contributed by atoms with E-state index >= 15 is 0 Å². The third-order valence-corrected chi connectivity index (χ3v) is 5.49. The van der Waals surface area contributed by atoms with E-state index in [0.29, 0.717) is 22.9 Å². The zero-order valence-corrected chi connectivity index (χ0v) is 21.1. The number of carbonyl (C=O) groups excluding carboxylic acids is 2. The molecule has 2 aromatic rings. The summed E-state index contributed by atoms with van der Waals surface area (Å²) in [5.41, 5.74) is 7.96. The first-order valence-electron chi connectivity index (χ1n) is 11.8. The standard InChI is InChI=1S/C17H21FN6O2.C8H15NO/c1-10-5-12(16(19)23-24(2)20)7-15(22-10)17(26)21-8-11-3-4-14(18)13(6-11)9-25;1-7(10)9-8-5-3-2-4-6-8/h3-7,25H,8-9,20H2,1-2H3,(H2,19,23)(H,21,26);8H,2-6H2,1H3,(H,9,10). The molecule has 1 aliphatic rings. The Balaban J connectivity index is 0.000000380. The van der Waals surface area contributed by atoms with Gasteiger partial charge in [-0.05, 0) is 49.6 Å². The molecule has 3 rings (SSSR count). The van der Waals surface area contributed by atoms with Crippen molar-refractivity contribution in [2.45, 2.75) is 65.1 Å². The summed E-state index contributed by atoms with van der Waals surface area (Å²) in [5, 5.41) is 19.7. The van der Waals surface area contributed by atoms with Crippen molar-refractivity contribution in [3.8, 4) is 0 Å². The Labute approximate surface area is 210 Å². The van der Waals surface area contributed by atoms with Gasteiger partial charge < -0.3 is 21.5 Å². The smallest absolute Gasteiger partial charge is 0.270 e. The van der Waals surface area contributed by atoms with Crippen molar-refractivity contribution >= 4 is 17.6 Å². The molecule has 1 heterocycles. The summed E-state index contributed by atoms with van der Waals surface area (Å²) >= 11 is 0. The Morgan fingerprint density at radius 2 is 1.92 bits per heavy atom. The number of amides is 2. The summed E-state index contributed by atoms with van der Waals surface area (Å²) in [7, 11) is 1.53. The normalized spacial score (nSPS) is 13.9. The van der Waals surface area contributed by atoms with Gasteiger partial charge in [0.1, 0.15) is 11.5 Å². The van der Waals surface area contributed by atoms with Gasteiger partial charge >= 0.3 is 0 Å². The Kier molecular flexibility index (Phi) is 11.2. The lowest BCUT2D eigenvalue weighted by atomic mass is 9.95. The molecule has 1 fully saturated rings. The number of hydrazine groups is 1. The molecule has 0 radical (unpaired) electrons. The van der Waals surface area contributed by atoms with Crippen LogP contribution in [0.2, 0.25) is 0 Å². The van der Waals surface area contributed by atoms with Crippen LogP contribution in [-0.2, 0) is 17.9 Å². The average molecular weight is 502 g/mol. The molecule has 0 saturated heterocycles. The number of aryl methyl sites for hydroxylation is 1. The number of aliphatic hydroxyl groups excluding tert-OH is 1. The number of carbonyl (C=O) groups is 2. The van der Waals surface area contributed by atoms with E-state index in [-0.39, 0.29) is 29.5 Å². The molecule has 0 atom stereocenters. The lowest BCUT2D eigenvalue weighted by Crippen LogP contribution is -2.34. The summed E-state index contributed by atoms with van der Waals surface area (Å²) in [6, 6.07) is 7.95. The molecule has 196 valence electrons. The summed E-state index contributed by atoms with van der Waals surface area (Å²) in [6.45, 7) is 3.07. The van der Waals surface area contributed by atoms with Crippen molar-refractivity contribution in [1.82, 2.24) is 20.7 Å². The van der Waals surface area contributed by atoms with E-state index in [4.69, 9.17) is 16.7 Å². The molecule has 1 aromatic carbocycles. The van der Waals surface area contributed by atoms with E-state index in [1.165, 1.54) is 63.4 Å². The number of halogens is 1. The minimum absolute atomic E-state index is 0.118. The molecule has 1 aromatic heterocycles. The molecule has 2 amide bonds. The number of rotatable bonds is 7. The number of hydrogen-bond donors (Lipinski definition) is 5. The van der Waals surface area contributed by atoms with E-state index < -0.39 is 18.3 Å². The molecule has 0 aliphatic heterocycles. The third-order valence-electron chi connectivity index (χ3n) is 5.49. The van der Waals surface area contributed by atoms with Crippen LogP contribution in [0.3, 0.4) is 0 Å². The van der Waals surface area contributed by atoms with Gasteiger partial charge in [0.15, 0.2) is 5.84 Å². The van der Waals surface area contributed by atoms with Crippen LogP contribution < -0.4 is 22.2 Å². The molecule has 11 heteroatoms. The zero-order valence-electron chi connectivity index (χ0n) is 21.1. The number of nitrogens with one attached hydrogen (secondary N) is 2. The fourth-order valence-corrected chi connectivity index (χ4v) is 3.83. The highest BCUT2D eigenvalue weighted by atomic mass is 19.1. The minimum atomic E-state index is -0.493. The van der Waals surface area contributed by atoms with Gasteiger partial charge in [0.25, 0.3) is 5.91 Å². The maximum Gasteiger partial charge on any atom is 0.270 e.